The van der Waals surface area contributed by atoms with Crippen LogP contribution in [-0.2, 0) is 10.2 Å². The van der Waals surface area contributed by atoms with Gasteiger partial charge in [-0.25, -0.2) is 9.18 Å². The van der Waals surface area contributed by atoms with Gasteiger partial charge in [0.2, 0.25) is 0 Å². The molecule has 1 aliphatic heterocycles. The van der Waals surface area contributed by atoms with Crippen LogP contribution in [0, 0.1) is 5.82 Å². The molecule has 1 aliphatic rings. The number of halogens is 2. The first-order valence-electron chi connectivity index (χ1n) is 10.1. The first-order chi connectivity index (χ1) is 14.1. The molecule has 1 amide bonds. The topological polar surface area (TPSA) is 64.4 Å². The third-order valence-corrected chi connectivity index (χ3v) is 5.56. The van der Waals surface area contributed by atoms with E-state index in [2.05, 4.69) is 25.9 Å². The molecule has 1 saturated heterocycles. The summed E-state index contributed by atoms with van der Waals surface area (Å²) in [7, 11) is 0. The molecular formula is C22H27ClFN3O3. The van der Waals surface area contributed by atoms with Crippen molar-refractivity contribution >= 4 is 23.5 Å². The van der Waals surface area contributed by atoms with Gasteiger partial charge < -0.3 is 9.64 Å². The Labute approximate surface area is 180 Å². The van der Waals surface area contributed by atoms with Gasteiger partial charge in [0.25, 0.3) is 5.91 Å². The van der Waals surface area contributed by atoms with E-state index in [0.29, 0.717) is 38.2 Å². The molecule has 0 N–H and O–H groups in total. The number of hydrogen-bond acceptors (Lipinski definition) is 4. The van der Waals surface area contributed by atoms with Crippen molar-refractivity contribution in [3.8, 4) is 0 Å². The van der Waals surface area contributed by atoms with Gasteiger partial charge in [-0.15, -0.1) is 0 Å². The summed E-state index contributed by atoms with van der Waals surface area (Å²) in [5.41, 5.74) is 1.34. The molecule has 0 saturated carbocycles. The molecule has 1 aromatic carbocycles. The standard InChI is InChI=1S/C22H27ClFN3O3/c1-5-30-21(29)18-13-19(22(2,3)4)27(25-18)15-8-10-26(11-9-15)20(28)14-6-7-16(23)17(24)12-14/h6-7,12-13,15H,5,8-11H2,1-4H3. The molecule has 2 aromatic rings. The van der Waals surface area contributed by atoms with E-state index in [9.17, 15) is 14.0 Å². The average molecular weight is 436 g/mol. The number of ether oxygens (including phenoxy) is 1. The molecule has 0 radical (unpaired) electrons. The number of esters is 1. The monoisotopic (exact) mass is 435 g/mol. The number of carbonyl (C=O) groups excluding carboxylic acids is 2. The fourth-order valence-corrected chi connectivity index (χ4v) is 3.78. The summed E-state index contributed by atoms with van der Waals surface area (Å²) in [5.74, 6) is -1.25. The summed E-state index contributed by atoms with van der Waals surface area (Å²) in [4.78, 5) is 26.6. The summed E-state index contributed by atoms with van der Waals surface area (Å²) in [6.07, 6.45) is 1.38. The highest BCUT2D eigenvalue weighted by molar-refractivity contribution is 6.30. The number of carbonyl (C=O) groups is 2. The first-order valence-corrected chi connectivity index (χ1v) is 10.5. The Kier molecular flexibility index (Phi) is 6.50. The Bertz CT molecular complexity index is 944. The molecule has 8 heteroatoms. The molecule has 0 unspecified atom stereocenters. The van der Waals surface area contributed by atoms with E-state index >= 15 is 0 Å². The van der Waals surface area contributed by atoms with Crippen LogP contribution >= 0.6 is 11.6 Å². The second kappa shape index (κ2) is 8.76. The van der Waals surface area contributed by atoms with Crippen LogP contribution in [0.15, 0.2) is 24.3 Å². The van der Waals surface area contributed by atoms with E-state index < -0.39 is 11.8 Å². The summed E-state index contributed by atoms with van der Waals surface area (Å²) in [5, 5.41) is 4.54. The maximum absolute atomic E-state index is 13.7. The second-order valence-corrected chi connectivity index (χ2v) is 8.89. The van der Waals surface area contributed by atoms with Gasteiger partial charge in [-0.2, -0.15) is 5.10 Å². The highest BCUT2D eigenvalue weighted by atomic mass is 35.5. The van der Waals surface area contributed by atoms with Crippen molar-refractivity contribution in [2.45, 2.75) is 52.0 Å². The van der Waals surface area contributed by atoms with Crippen molar-refractivity contribution in [3.63, 3.8) is 0 Å². The predicted molar refractivity (Wildman–Crippen MR) is 112 cm³/mol. The third-order valence-electron chi connectivity index (χ3n) is 5.25. The summed E-state index contributed by atoms with van der Waals surface area (Å²) >= 11 is 5.71. The number of rotatable bonds is 4. The van der Waals surface area contributed by atoms with Crippen molar-refractivity contribution in [1.82, 2.24) is 14.7 Å². The lowest BCUT2D eigenvalue weighted by molar-refractivity contribution is 0.0517. The highest BCUT2D eigenvalue weighted by Crippen LogP contribution is 2.31. The van der Waals surface area contributed by atoms with E-state index in [4.69, 9.17) is 16.3 Å². The van der Waals surface area contributed by atoms with Gasteiger partial charge in [0.1, 0.15) is 5.82 Å². The molecule has 6 nitrogen and oxygen atoms in total. The van der Waals surface area contributed by atoms with Gasteiger partial charge in [0, 0.05) is 29.8 Å². The van der Waals surface area contributed by atoms with Crippen molar-refractivity contribution in [2.24, 2.45) is 0 Å². The third kappa shape index (κ3) is 4.67. The molecule has 162 valence electrons. The molecule has 0 aliphatic carbocycles. The van der Waals surface area contributed by atoms with E-state index in [-0.39, 0.29) is 28.0 Å². The van der Waals surface area contributed by atoms with Crippen LogP contribution in [0.4, 0.5) is 4.39 Å². The molecular weight excluding hydrogens is 409 g/mol. The van der Waals surface area contributed by atoms with Crippen molar-refractivity contribution in [3.05, 3.63) is 52.1 Å². The number of hydrogen-bond donors (Lipinski definition) is 0. The lowest BCUT2D eigenvalue weighted by Gasteiger charge is -2.34. The summed E-state index contributed by atoms with van der Waals surface area (Å²) < 4.78 is 20.7. The molecule has 30 heavy (non-hydrogen) atoms. The van der Waals surface area contributed by atoms with Crippen LogP contribution in [0.5, 0.6) is 0 Å². The Balaban J connectivity index is 1.76. The van der Waals surface area contributed by atoms with Gasteiger partial charge in [-0.05, 0) is 44.0 Å². The summed E-state index contributed by atoms with van der Waals surface area (Å²) in [6, 6.07) is 5.97. The lowest BCUT2D eigenvalue weighted by Crippen LogP contribution is -2.40. The Morgan fingerprint density at radius 1 is 1.23 bits per heavy atom. The predicted octanol–water partition coefficient (Wildman–Crippen LogP) is 4.63. The molecule has 0 bridgehead atoms. The minimum atomic E-state index is -0.602. The quantitative estimate of drug-likeness (QED) is 0.657. The van der Waals surface area contributed by atoms with Crippen molar-refractivity contribution < 1.29 is 18.7 Å². The molecule has 1 fully saturated rings. The van der Waals surface area contributed by atoms with Crippen molar-refractivity contribution in [2.75, 3.05) is 19.7 Å². The maximum atomic E-state index is 13.7. The van der Waals surface area contributed by atoms with Gasteiger partial charge >= 0.3 is 5.97 Å². The van der Waals surface area contributed by atoms with Crippen LogP contribution in [0.1, 0.15) is 73.1 Å². The Morgan fingerprint density at radius 3 is 2.47 bits per heavy atom. The van der Waals surface area contributed by atoms with Crippen molar-refractivity contribution in [1.29, 1.82) is 0 Å². The number of piperidine rings is 1. The number of benzene rings is 1. The van der Waals surface area contributed by atoms with Gasteiger partial charge in [0.15, 0.2) is 5.69 Å². The van der Waals surface area contributed by atoms with Crippen LogP contribution in [-0.4, -0.2) is 46.3 Å². The zero-order chi connectivity index (χ0) is 22.1. The average Bonchev–Trinajstić information content (AvgIpc) is 3.16. The molecule has 3 rings (SSSR count). The highest BCUT2D eigenvalue weighted by Gasteiger charge is 2.31. The van der Waals surface area contributed by atoms with E-state index in [1.165, 1.54) is 18.2 Å². The van der Waals surface area contributed by atoms with Crippen LogP contribution in [0.2, 0.25) is 5.02 Å². The molecule has 2 heterocycles. The zero-order valence-electron chi connectivity index (χ0n) is 17.7. The minimum absolute atomic E-state index is 0.00365. The SMILES string of the molecule is CCOC(=O)c1cc(C(C)(C)C)n(C2CCN(C(=O)c3ccc(Cl)c(F)c3)CC2)n1. The van der Waals surface area contributed by atoms with Crippen LogP contribution < -0.4 is 0 Å². The summed E-state index contributed by atoms with van der Waals surface area (Å²) in [6.45, 7) is 9.31. The fourth-order valence-electron chi connectivity index (χ4n) is 3.66. The van der Waals surface area contributed by atoms with Crippen LogP contribution in [0.25, 0.3) is 0 Å². The smallest absolute Gasteiger partial charge is 0.358 e. The maximum Gasteiger partial charge on any atom is 0.358 e. The molecule has 0 spiro atoms. The van der Waals surface area contributed by atoms with E-state index in [1.54, 1.807) is 17.9 Å². The number of amides is 1. The Hall–Kier alpha value is -2.41. The van der Waals surface area contributed by atoms with Gasteiger partial charge in [-0.1, -0.05) is 32.4 Å². The molecule has 1 aromatic heterocycles. The first kappa shape index (κ1) is 22.3. The normalized spacial score (nSPS) is 15.3. The molecule has 0 atom stereocenters. The second-order valence-electron chi connectivity index (χ2n) is 8.48. The zero-order valence-corrected chi connectivity index (χ0v) is 18.5. The lowest BCUT2D eigenvalue weighted by atomic mass is 9.91. The number of nitrogens with zero attached hydrogens (tertiary/aromatic N) is 3. The van der Waals surface area contributed by atoms with Gasteiger partial charge in [0.05, 0.1) is 17.7 Å². The van der Waals surface area contributed by atoms with Gasteiger partial charge in [-0.3, -0.25) is 9.48 Å². The Morgan fingerprint density at radius 2 is 1.90 bits per heavy atom. The number of aromatic nitrogens is 2. The largest absolute Gasteiger partial charge is 0.461 e. The van der Waals surface area contributed by atoms with E-state index in [1.807, 2.05) is 4.68 Å². The van der Waals surface area contributed by atoms with Crippen LogP contribution in [0.3, 0.4) is 0 Å². The number of likely N-dealkylation sites (tertiary alicyclic amines) is 1. The minimum Gasteiger partial charge on any atom is -0.461 e. The van der Waals surface area contributed by atoms with E-state index in [0.717, 1.165) is 5.69 Å². The fraction of sp³-hybridized carbons (Fsp3) is 0.500.